The number of carbonyl (C=O) groups is 1. The Hall–Kier alpha value is -0.360. The quantitative estimate of drug-likeness (QED) is 0.0251. The number of phosphoric ester groups is 2. The molecule has 0 spiro atoms. The molecule has 8 atom stereocenters. The Kier molecular flexibility index (Phi) is 22.1. The van der Waals surface area contributed by atoms with Gasteiger partial charge in [-0.3, -0.25) is 18.4 Å². The fourth-order valence-electron chi connectivity index (χ4n) is 5.41. The van der Waals surface area contributed by atoms with E-state index < -0.39 is 97.9 Å². The summed E-state index contributed by atoms with van der Waals surface area (Å²) in [6.07, 6.45) is 0.578. The van der Waals surface area contributed by atoms with Gasteiger partial charge in [0.2, 0.25) is 0 Å². The van der Waals surface area contributed by atoms with Crippen molar-refractivity contribution in [1.29, 1.82) is 0 Å². The third kappa shape index (κ3) is 19.9. The predicted octanol–water partition coefficient (Wildman–Crippen LogP) is 2.22. The molecule has 48 heavy (non-hydrogen) atoms. The van der Waals surface area contributed by atoms with Crippen LogP contribution in [-0.4, -0.2) is 114 Å². The zero-order valence-corrected chi connectivity index (χ0v) is 30.0. The number of hydrogen-bond donors (Lipinski definition) is 9. The average molecular weight is 761 g/mol. The van der Waals surface area contributed by atoms with Crippen LogP contribution in [0.3, 0.4) is 0 Å². The molecule has 0 saturated heterocycles. The average Bonchev–Trinajstić information content (AvgIpc) is 2.98. The summed E-state index contributed by atoms with van der Waals surface area (Å²) >= 11 is 0. The van der Waals surface area contributed by atoms with E-state index in [1.54, 1.807) is 0 Å². The molecule has 4 unspecified atom stereocenters. The van der Waals surface area contributed by atoms with Crippen molar-refractivity contribution >= 4 is 29.2 Å². The van der Waals surface area contributed by atoms with E-state index in [-0.39, 0.29) is 6.42 Å². The number of carbonyl (C=O) groups excluding carboxylic acids is 1. The summed E-state index contributed by atoms with van der Waals surface area (Å²) in [6.45, 7) is 0.269. The lowest BCUT2D eigenvalue weighted by Crippen LogP contribution is -2.62. The molecule has 0 amide bonds. The maximum atomic E-state index is 12.9. The van der Waals surface area contributed by atoms with Crippen molar-refractivity contribution in [2.24, 2.45) is 5.92 Å². The van der Waals surface area contributed by atoms with Gasteiger partial charge < -0.3 is 58.9 Å². The second-order valence-electron chi connectivity index (χ2n) is 12.0. The van der Waals surface area contributed by atoms with Crippen molar-refractivity contribution in [2.45, 2.75) is 133 Å². The molecule has 21 heteroatoms. The van der Waals surface area contributed by atoms with Gasteiger partial charge in [0.15, 0.2) is 0 Å². The molecule has 0 aromatic heterocycles. The van der Waals surface area contributed by atoms with E-state index in [1.807, 2.05) is 0 Å². The topological polar surface area (TPSA) is 296 Å². The van der Waals surface area contributed by atoms with E-state index in [9.17, 15) is 48.5 Å². The van der Waals surface area contributed by atoms with Gasteiger partial charge in [0.05, 0.1) is 31.6 Å². The molecule has 0 aromatic carbocycles. The molecule has 0 bridgehead atoms. The normalized spacial score (nSPS) is 25.5. The molecule has 0 heterocycles. The molecule has 1 fully saturated rings. The Balaban J connectivity index is 2.61. The highest BCUT2D eigenvalue weighted by Gasteiger charge is 2.55. The van der Waals surface area contributed by atoms with E-state index in [0.29, 0.717) is 6.42 Å². The molecular weight excluding hydrogens is 705 g/mol. The van der Waals surface area contributed by atoms with Gasteiger partial charge in [-0.15, -0.1) is 0 Å². The van der Waals surface area contributed by atoms with Crippen LogP contribution in [0.4, 0.5) is 0 Å². The Bertz CT molecular complexity index is 1040. The van der Waals surface area contributed by atoms with Crippen molar-refractivity contribution in [3.8, 4) is 0 Å². The van der Waals surface area contributed by atoms with Crippen molar-refractivity contribution in [3.63, 3.8) is 0 Å². The van der Waals surface area contributed by atoms with Crippen LogP contribution in [0.2, 0.25) is 0 Å². The number of hydrogen-bond acceptors (Lipinski definition) is 13. The lowest BCUT2D eigenvalue weighted by atomic mass is 9.79. The molecule has 1 rings (SSSR count). The van der Waals surface area contributed by atoms with Crippen LogP contribution in [0.15, 0.2) is 0 Å². The molecule has 286 valence electrons. The first kappa shape index (κ1) is 45.7. The van der Waals surface area contributed by atoms with Crippen molar-refractivity contribution in [3.05, 3.63) is 0 Å². The van der Waals surface area contributed by atoms with Gasteiger partial charge in [-0.25, -0.2) is 9.13 Å². The Morgan fingerprint density at radius 1 is 0.667 bits per heavy atom. The summed E-state index contributed by atoms with van der Waals surface area (Å²) in [5, 5.41) is 40.5. The number of esters is 1. The minimum atomic E-state index is -5.50. The minimum Gasteiger partial charge on any atom is -0.457 e. The second kappa shape index (κ2) is 23.3. The monoisotopic (exact) mass is 760 g/mol. The SMILES string of the molecule is CCCCCCCCCCCCCCCC(=O)O[C@H](COCO)COP(=O)(O)CC1C(O)[C@H](OP(=O)(O)O)[C@H](OP(=O)(O)O)C(O)[C@@H]1O. The van der Waals surface area contributed by atoms with E-state index in [4.69, 9.17) is 28.9 Å². The molecular formula is C27H55O18P3. The molecule has 0 aliphatic heterocycles. The summed E-state index contributed by atoms with van der Waals surface area (Å²) in [5.41, 5.74) is 0. The van der Waals surface area contributed by atoms with Gasteiger partial charge in [0.25, 0.3) is 0 Å². The molecule has 18 nitrogen and oxygen atoms in total. The number of phosphoric acid groups is 2. The van der Waals surface area contributed by atoms with Crippen molar-refractivity contribution in [2.75, 3.05) is 26.2 Å². The van der Waals surface area contributed by atoms with Crippen LogP contribution in [0.25, 0.3) is 0 Å². The van der Waals surface area contributed by atoms with Crippen molar-refractivity contribution < 1.29 is 86.4 Å². The van der Waals surface area contributed by atoms with E-state index in [1.165, 1.54) is 51.4 Å². The van der Waals surface area contributed by atoms with Gasteiger partial charge >= 0.3 is 29.2 Å². The fraction of sp³-hybridized carbons (Fsp3) is 0.963. The fourth-order valence-corrected chi connectivity index (χ4v) is 8.00. The molecule has 0 radical (unpaired) electrons. The highest BCUT2D eigenvalue weighted by Crippen LogP contribution is 2.51. The molecule has 1 saturated carbocycles. The number of rotatable bonds is 27. The van der Waals surface area contributed by atoms with Crippen LogP contribution < -0.4 is 0 Å². The maximum Gasteiger partial charge on any atom is 0.470 e. The lowest BCUT2D eigenvalue weighted by Gasteiger charge is -2.45. The van der Waals surface area contributed by atoms with Crippen LogP contribution in [0.5, 0.6) is 0 Å². The lowest BCUT2D eigenvalue weighted by molar-refractivity contribution is -0.192. The minimum absolute atomic E-state index is 0.0569. The summed E-state index contributed by atoms with van der Waals surface area (Å²) in [7, 11) is -15.8. The molecule has 9 N–H and O–H groups in total. The van der Waals surface area contributed by atoms with E-state index >= 15 is 0 Å². The number of unbranched alkanes of at least 4 members (excludes halogenated alkanes) is 12. The van der Waals surface area contributed by atoms with Gasteiger partial charge in [0.1, 0.15) is 31.2 Å². The van der Waals surface area contributed by atoms with Crippen LogP contribution in [0, 0.1) is 5.92 Å². The molecule has 1 aliphatic carbocycles. The first-order chi connectivity index (χ1) is 22.4. The summed E-state index contributed by atoms with van der Waals surface area (Å²) in [6, 6.07) is 0. The molecule has 1 aliphatic rings. The third-order valence-electron chi connectivity index (χ3n) is 7.82. The van der Waals surface area contributed by atoms with E-state index in [0.717, 1.165) is 25.7 Å². The molecule has 0 aromatic rings. The first-order valence-electron chi connectivity index (χ1n) is 16.3. The van der Waals surface area contributed by atoms with Crippen LogP contribution >= 0.6 is 23.2 Å². The standard InChI is InChI=1S/C27H55O18P3/c1-2-3-4-5-6-7-8-9-10-11-12-13-14-15-22(29)43-20(16-41-19-28)17-42-46(33,34)18-21-23(30)25(32)27(45-48(38,39)40)26(24(21)31)44-47(35,36)37/h20-21,23-28,30-32H,2-19H2,1H3,(H,33,34)(H2,35,36,37)(H2,38,39,40)/t20-,21?,23-,24?,25?,26+,27-/m1/s1. The Morgan fingerprint density at radius 3 is 1.58 bits per heavy atom. The maximum absolute atomic E-state index is 12.9. The second-order valence-corrected chi connectivity index (χ2v) is 16.3. The highest BCUT2D eigenvalue weighted by molar-refractivity contribution is 7.52. The van der Waals surface area contributed by atoms with Gasteiger partial charge in [-0.05, 0) is 6.42 Å². The Labute approximate surface area is 281 Å². The van der Waals surface area contributed by atoms with Gasteiger partial charge in [-0.2, -0.15) is 0 Å². The number of ether oxygens (including phenoxy) is 2. The van der Waals surface area contributed by atoms with Crippen LogP contribution in [-0.2, 0) is 41.5 Å². The third-order valence-corrected chi connectivity index (χ3v) is 10.3. The first-order valence-corrected chi connectivity index (χ1v) is 21.1. The predicted molar refractivity (Wildman–Crippen MR) is 169 cm³/mol. The van der Waals surface area contributed by atoms with Crippen molar-refractivity contribution in [1.82, 2.24) is 0 Å². The highest BCUT2D eigenvalue weighted by atomic mass is 31.2. The van der Waals surface area contributed by atoms with Gasteiger partial charge in [0, 0.05) is 12.3 Å². The van der Waals surface area contributed by atoms with Crippen LogP contribution in [0.1, 0.15) is 96.8 Å². The summed E-state index contributed by atoms with van der Waals surface area (Å²) in [4.78, 5) is 59.5. The van der Waals surface area contributed by atoms with E-state index in [2.05, 4.69) is 16.0 Å². The summed E-state index contributed by atoms with van der Waals surface area (Å²) < 4.78 is 59.4. The Morgan fingerprint density at radius 2 is 1.12 bits per heavy atom. The number of aliphatic hydroxyl groups excluding tert-OH is 4. The largest absolute Gasteiger partial charge is 0.470 e. The summed E-state index contributed by atoms with van der Waals surface area (Å²) in [5.74, 6) is -2.54. The zero-order valence-electron chi connectivity index (χ0n) is 27.3. The zero-order chi connectivity index (χ0) is 36.4. The van der Waals surface area contributed by atoms with Gasteiger partial charge in [-0.1, -0.05) is 84.0 Å². The number of aliphatic hydroxyl groups is 4. The smallest absolute Gasteiger partial charge is 0.457 e.